The van der Waals surface area contributed by atoms with Gasteiger partial charge in [0.15, 0.2) is 11.5 Å². The summed E-state index contributed by atoms with van der Waals surface area (Å²) in [5.41, 5.74) is 4.67. The van der Waals surface area contributed by atoms with Gasteiger partial charge in [-0.3, -0.25) is 4.79 Å². The van der Waals surface area contributed by atoms with E-state index in [4.69, 9.17) is 5.26 Å². The van der Waals surface area contributed by atoms with Crippen LogP contribution in [0.15, 0.2) is 30.5 Å². The Labute approximate surface area is 207 Å². The summed E-state index contributed by atoms with van der Waals surface area (Å²) >= 11 is 0. The zero-order chi connectivity index (χ0) is 25.2. The van der Waals surface area contributed by atoms with Crippen molar-refractivity contribution in [2.45, 2.75) is 51.9 Å². The fourth-order valence-electron chi connectivity index (χ4n) is 5.33. The van der Waals surface area contributed by atoms with Gasteiger partial charge in [0.1, 0.15) is 6.07 Å². The van der Waals surface area contributed by atoms with E-state index in [0.717, 1.165) is 48.9 Å². The Morgan fingerprint density at radius 3 is 2.54 bits per heavy atom. The number of nitrogens with one attached hydrogen (secondary N) is 2. The number of benzene rings is 1. The molecule has 184 valence electrons. The molecule has 0 spiro atoms. The third-order valence-electron chi connectivity index (χ3n) is 7.86. The molecule has 0 unspecified atom stereocenters. The van der Waals surface area contributed by atoms with E-state index in [2.05, 4.69) is 41.3 Å². The fraction of sp³-hybridized carbons (Fsp3) is 0.481. The molecule has 0 saturated carbocycles. The largest absolute Gasteiger partial charge is 0.339 e. The maximum atomic E-state index is 12.9. The number of allylic oxidation sites excluding steroid dienone is 2. The summed E-state index contributed by atoms with van der Waals surface area (Å²) in [5.74, 6) is -0.0839. The lowest BCUT2D eigenvalue weighted by molar-refractivity contribution is 0.101. The molecule has 35 heavy (non-hydrogen) atoms. The number of imidazole rings is 1. The normalized spacial score (nSPS) is 18.3. The molecule has 0 atom stereocenters. The van der Waals surface area contributed by atoms with E-state index in [9.17, 15) is 9.59 Å². The van der Waals surface area contributed by atoms with Crippen molar-refractivity contribution in [2.24, 2.45) is 5.41 Å². The van der Waals surface area contributed by atoms with Crippen LogP contribution < -0.4 is 5.32 Å². The molecular formula is C27H34N6O2. The number of likely N-dealkylation sites (N-methyl/N-ethyl adjacent to an activating group) is 2. The molecule has 1 aromatic carbocycles. The standard InChI is InChI=1S/C27H34N6O2/c1-5-27(6-2)11-9-18(10-12-27)22-13-19(20-16-32(3)26(35)33(4)17-20)7-8-23(22)31-25(34)24-29-15-21(14-28)30-24/h7-9,13,15,20H,5-6,10-12,16-17H2,1-4H3,(H,29,30)(H,31,34). The molecule has 1 aliphatic heterocycles. The maximum absolute atomic E-state index is 12.9. The molecule has 8 nitrogen and oxygen atoms in total. The van der Waals surface area contributed by atoms with Crippen molar-refractivity contribution in [3.63, 3.8) is 0 Å². The molecule has 2 heterocycles. The number of carbonyl (C=O) groups is 2. The summed E-state index contributed by atoms with van der Waals surface area (Å²) in [5, 5.41) is 12.0. The van der Waals surface area contributed by atoms with Gasteiger partial charge in [0, 0.05) is 50.6 Å². The number of aromatic nitrogens is 2. The highest BCUT2D eigenvalue weighted by Crippen LogP contribution is 2.45. The molecule has 4 rings (SSSR count). The maximum Gasteiger partial charge on any atom is 0.319 e. The van der Waals surface area contributed by atoms with Crippen LogP contribution in [0.3, 0.4) is 0 Å². The molecule has 0 bridgehead atoms. The number of nitriles is 1. The van der Waals surface area contributed by atoms with Gasteiger partial charge in [-0.15, -0.1) is 0 Å². The Morgan fingerprint density at radius 2 is 1.97 bits per heavy atom. The molecule has 0 radical (unpaired) electrons. The summed E-state index contributed by atoms with van der Waals surface area (Å²) < 4.78 is 0. The monoisotopic (exact) mass is 474 g/mol. The smallest absolute Gasteiger partial charge is 0.319 e. The average molecular weight is 475 g/mol. The quantitative estimate of drug-likeness (QED) is 0.615. The molecule has 1 fully saturated rings. The third-order valence-corrected chi connectivity index (χ3v) is 7.86. The Kier molecular flexibility index (Phi) is 6.97. The lowest BCUT2D eigenvalue weighted by atomic mass is 9.70. The average Bonchev–Trinajstić information content (AvgIpc) is 3.37. The highest BCUT2D eigenvalue weighted by Gasteiger charge is 2.31. The molecule has 1 aliphatic carbocycles. The lowest BCUT2D eigenvalue weighted by Crippen LogP contribution is -2.48. The number of hydrogen-bond acceptors (Lipinski definition) is 4. The summed E-state index contributed by atoms with van der Waals surface area (Å²) in [6, 6.07) is 8.14. The molecule has 1 aromatic heterocycles. The van der Waals surface area contributed by atoms with E-state index in [1.54, 1.807) is 9.80 Å². The first-order valence-electron chi connectivity index (χ1n) is 12.4. The molecule has 2 aromatic rings. The van der Waals surface area contributed by atoms with E-state index < -0.39 is 0 Å². The SMILES string of the molecule is CCC1(CC)CC=C(c2cc(C3CN(C)C(=O)N(C)C3)ccc2NC(=O)c2nc(C#N)c[nH]2)CC1. The number of nitrogens with zero attached hydrogens (tertiary/aromatic N) is 4. The van der Waals surface area contributed by atoms with Gasteiger partial charge < -0.3 is 20.1 Å². The summed E-state index contributed by atoms with van der Waals surface area (Å²) in [6.07, 6.45) is 9.19. The minimum atomic E-state index is -0.379. The topological polar surface area (TPSA) is 105 Å². The van der Waals surface area contributed by atoms with Crippen molar-refractivity contribution in [1.29, 1.82) is 5.26 Å². The molecular weight excluding hydrogens is 440 g/mol. The fourth-order valence-corrected chi connectivity index (χ4v) is 5.33. The number of urea groups is 1. The minimum Gasteiger partial charge on any atom is -0.339 e. The van der Waals surface area contributed by atoms with Crippen LogP contribution in [-0.2, 0) is 0 Å². The van der Waals surface area contributed by atoms with E-state index in [1.807, 2.05) is 32.3 Å². The first-order valence-corrected chi connectivity index (χ1v) is 12.4. The van der Waals surface area contributed by atoms with Crippen LogP contribution in [0.4, 0.5) is 10.5 Å². The van der Waals surface area contributed by atoms with Crippen LogP contribution in [0.25, 0.3) is 5.57 Å². The van der Waals surface area contributed by atoms with Crippen LogP contribution in [-0.4, -0.2) is 58.9 Å². The number of H-pyrrole nitrogens is 1. The van der Waals surface area contributed by atoms with Crippen molar-refractivity contribution < 1.29 is 9.59 Å². The first-order chi connectivity index (χ1) is 16.8. The predicted octanol–water partition coefficient (Wildman–Crippen LogP) is 4.99. The summed E-state index contributed by atoms with van der Waals surface area (Å²) in [6.45, 7) is 5.85. The first kappa shape index (κ1) is 24.5. The summed E-state index contributed by atoms with van der Waals surface area (Å²) in [7, 11) is 3.66. The highest BCUT2D eigenvalue weighted by atomic mass is 16.2. The van der Waals surface area contributed by atoms with Gasteiger partial charge in [-0.05, 0) is 47.9 Å². The number of amides is 3. The van der Waals surface area contributed by atoms with E-state index in [-0.39, 0.29) is 29.4 Å². The van der Waals surface area contributed by atoms with Crippen molar-refractivity contribution >= 4 is 23.2 Å². The number of aromatic amines is 1. The van der Waals surface area contributed by atoms with Gasteiger partial charge >= 0.3 is 6.03 Å². The summed E-state index contributed by atoms with van der Waals surface area (Å²) in [4.78, 5) is 35.5. The van der Waals surface area contributed by atoms with E-state index in [0.29, 0.717) is 18.5 Å². The van der Waals surface area contributed by atoms with Gasteiger partial charge in [0.2, 0.25) is 0 Å². The zero-order valence-corrected chi connectivity index (χ0v) is 21.0. The van der Waals surface area contributed by atoms with Crippen LogP contribution in [0.1, 0.15) is 79.3 Å². The molecule has 2 aliphatic rings. The van der Waals surface area contributed by atoms with E-state index >= 15 is 0 Å². The minimum absolute atomic E-state index is 0.0333. The Bertz CT molecular complexity index is 1170. The van der Waals surface area contributed by atoms with Crippen molar-refractivity contribution in [2.75, 3.05) is 32.5 Å². The second-order valence-corrected chi connectivity index (χ2v) is 9.89. The number of anilines is 1. The zero-order valence-electron chi connectivity index (χ0n) is 21.0. The van der Waals surface area contributed by atoms with Crippen LogP contribution in [0, 0.1) is 16.7 Å². The van der Waals surface area contributed by atoms with Gasteiger partial charge in [-0.1, -0.05) is 38.8 Å². The van der Waals surface area contributed by atoms with Crippen molar-refractivity contribution in [3.05, 3.63) is 53.1 Å². The van der Waals surface area contributed by atoms with Crippen LogP contribution in [0.2, 0.25) is 0 Å². The van der Waals surface area contributed by atoms with Gasteiger partial charge in [-0.25, -0.2) is 9.78 Å². The second kappa shape index (κ2) is 9.95. The Hall–Kier alpha value is -3.60. The predicted molar refractivity (Wildman–Crippen MR) is 136 cm³/mol. The van der Waals surface area contributed by atoms with Gasteiger partial charge in [0.05, 0.1) is 0 Å². The lowest BCUT2D eigenvalue weighted by Gasteiger charge is -2.37. The molecule has 8 heteroatoms. The molecule has 1 saturated heterocycles. The van der Waals surface area contributed by atoms with Crippen LogP contribution in [0.5, 0.6) is 0 Å². The highest BCUT2D eigenvalue weighted by molar-refractivity contribution is 6.03. The van der Waals surface area contributed by atoms with Crippen molar-refractivity contribution in [1.82, 2.24) is 19.8 Å². The Morgan fingerprint density at radius 1 is 1.26 bits per heavy atom. The number of rotatable bonds is 6. The third kappa shape index (κ3) is 4.95. The van der Waals surface area contributed by atoms with Gasteiger partial charge in [-0.2, -0.15) is 5.26 Å². The second-order valence-electron chi connectivity index (χ2n) is 9.89. The number of carbonyl (C=O) groups excluding carboxylic acids is 2. The van der Waals surface area contributed by atoms with Crippen molar-refractivity contribution in [3.8, 4) is 6.07 Å². The van der Waals surface area contributed by atoms with Gasteiger partial charge in [0.25, 0.3) is 5.91 Å². The molecule has 3 amide bonds. The molecule has 2 N–H and O–H groups in total. The van der Waals surface area contributed by atoms with E-state index in [1.165, 1.54) is 11.8 Å². The Balaban J connectivity index is 1.68. The number of hydrogen-bond donors (Lipinski definition) is 2. The van der Waals surface area contributed by atoms with Crippen LogP contribution >= 0.6 is 0 Å².